The third kappa shape index (κ3) is 4.88. The second-order valence-corrected chi connectivity index (χ2v) is 13.4. The van der Waals surface area contributed by atoms with Crippen LogP contribution >= 0.6 is 0 Å². The molecule has 220 valence electrons. The molecule has 0 aromatic heterocycles. The van der Waals surface area contributed by atoms with E-state index in [-0.39, 0.29) is 5.41 Å². The van der Waals surface area contributed by atoms with Crippen LogP contribution in [-0.2, 0) is 5.41 Å². The molecule has 0 radical (unpaired) electrons. The van der Waals surface area contributed by atoms with Gasteiger partial charge in [0.05, 0.1) is 0 Å². The first-order valence-corrected chi connectivity index (χ1v) is 16.2. The summed E-state index contributed by atoms with van der Waals surface area (Å²) in [6, 6.07) is 60.3. The number of hydrogen-bond acceptors (Lipinski definition) is 0. The van der Waals surface area contributed by atoms with E-state index in [4.69, 9.17) is 0 Å². The molecule has 8 aromatic rings. The second-order valence-electron chi connectivity index (χ2n) is 13.4. The lowest BCUT2D eigenvalue weighted by molar-refractivity contribution is 0.591. The first-order valence-electron chi connectivity index (χ1n) is 16.2. The standard InChI is InChI=1S/C46H36/c1-46(2,3)37-25-26-40-43(30-37)45(42-29-35-20-11-10-19-34(35)28-41(42)32-17-8-5-9-18-32)39-24-13-12-23-38(39)44(40)36-22-14-21-33(27-36)31-15-6-4-7-16-31/h4-30H,1-3H3. The molecule has 0 spiro atoms. The van der Waals surface area contributed by atoms with E-state index in [0.717, 1.165) is 0 Å². The largest absolute Gasteiger partial charge is 0.0622 e. The lowest BCUT2D eigenvalue weighted by Gasteiger charge is -2.24. The van der Waals surface area contributed by atoms with Gasteiger partial charge in [0, 0.05) is 0 Å². The number of fused-ring (bicyclic) bond motifs is 3. The molecule has 8 rings (SSSR count). The molecule has 0 atom stereocenters. The molecule has 0 saturated heterocycles. The Balaban J connectivity index is 1.52. The molecule has 0 N–H and O–H groups in total. The predicted molar refractivity (Wildman–Crippen MR) is 199 cm³/mol. The van der Waals surface area contributed by atoms with Crippen LogP contribution < -0.4 is 0 Å². The molecule has 0 unspecified atom stereocenters. The van der Waals surface area contributed by atoms with Crippen LogP contribution in [0.15, 0.2) is 164 Å². The normalized spacial score (nSPS) is 11.8. The van der Waals surface area contributed by atoms with E-state index in [2.05, 4.69) is 185 Å². The summed E-state index contributed by atoms with van der Waals surface area (Å²) in [5.41, 5.74) is 11.4. The Hall–Kier alpha value is -5.46. The van der Waals surface area contributed by atoms with Crippen molar-refractivity contribution in [3.8, 4) is 44.5 Å². The first kappa shape index (κ1) is 28.0. The minimum absolute atomic E-state index is 0.0101. The van der Waals surface area contributed by atoms with Crippen molar-refractivity contribution in [2.24, 2.45) is 0 Å². The van der Waals surface area contributed by atoms with Crippen LogP contribution in [0.1, 0.15) is 26.3 Å². The molecule has 0 heterocycles. The molecule has 0 aliphatic carbocycles. The van der Waals surface area contributed by atoms with E-state index in [1.807, 2.05) is 0 Å². The summed E-state index contributed by atoms with van der Waals surface area (Å²) in [5, 5.41) is 7.61. The van der Waals surface area contributed by atoms with Gasteiger partial charge in [0.1, 0.15) is 0 Å². The maximum absolute atomic E-state index is 2.46. The van der Waals surface area contributed by atoms with Gasteiger partial charge in [-0.15, -0.1) is 0 Å². The van der Waals surface area contributed by atoms with E-state index in [9.17, 15) is 0 Å². The molecule has 0 heteroatoms. The van der Waals surface area contributed by atoms with E-state index in [1.54, 1.807) is 0 Å². The summed E-state index contributed by atoms with van der Waals surface area (Å²) in [6.45, 7) is 6.93. The van der Waals surface area contributed by atoms with Gasteiger partial charge in [0.25, 0.3) is 0 Å². The van der Waals surface area contributed by atoms with Gasteiger partial charge in [-0.05, 0) is 112 Å². The third-order valence-corrected chi connectivity index (χ3v) is 9.39. The Labute approximate surface area is 271 Å². The van der Waals surface area contributed by atoms with E-state index in [1.165, 1.54) is 82.4 Å². The highest BCUT2D eigenvalue weighted by Gasteiger charge is 2.22. The monoisotopic (exact) mass is 588 g/mol. The van der Waals surface area contributed by atoms with Crippen molar-refractivity contribution in [2.45, 2.75) is 26.2 Å². The van der Waals surface area contributed by atoms with Gasteiger partial charge in [-0.25, -0.2) is 0 Å². The topological polar surface area (TPSA) is 0 Å². The Morgan fingerprint density at radius 3 is 1.52 bits per heavy atom. The summed E-state index contributed by atoms with van der Waals surface area (Å²) >= 11 is 0. The predicted octanol–water partition coefficient (Wildman–Crippen LogP) is 13.1. The Morgan fingerprint density at radius 1 is 0.326 bits per heavy atom. The first-order chi connectivity index (χ1) is 22.5. The quantitative estimate of drug-likeness (QED) is 0.179. The average Bonchev–Trinajstić information content (AvgIpc) is 3.10. The van der Waals surface area contributed by atoms with Crippen molar-refractivity contribution in [2.75, 3.05) is 0 Å². The second kappa shape index (κ2) is 11.2. The van der Waals surface area contributed by atoms with Crippen LogP contribution in [0.2, 0.25) is 0 Å². The summed E-state index contributed by atoms with van der Waals surface area (Å²) in [6.07, 6.45) is 0. The van der Waals surface area contributed by atoms with Crippen LogP contribution in [0.5, 0.6) is 0 Å². The average molecular weight is 589 g/mol. The smallest absolute Gasteiger partial charge is 0.00198 e. The minimum atomic E-state index is 0.0101. The number of rotatable bonds is 4. The Morgan fingerprint density at radius 2 is 0.848 bits per heavy atom. The van der Waals surface area contributed by atoms with E-state index in [0.29, 0.717) is 0 Å². The van der Waals surface area contributed by atoms with Crippen LogP contribution in [0.25, 0.3) is 76.8 Å². The van der Waals surface area contributed by atoms with Crippen molar-refractivity contribution in [3.05, 3.63) is 169 Å². The molecule has 46 heavy (non-hydrogen) atoms. The van der Waals surface area contributed by atoms with Crippen LogP contribution in [0, 0.1) is 0 Å². The fourth-order valence-corrected chi connectivity index (χ4v) is 7.03. The van der Waals surface area contributed by atoms with E-state index < -0.39 is 0 Å². The van der Waals surface area contributed by atoms with Gasteiger partial charge in [-0.1, -0.05) is 160 Å². The molecule has 0 aliphatic heterocycles. The van der Waals surface area contributed by atoms with Gasteiger partial charge in [0.15, 0.2) is 0 Å². The molecule has 0 saturated carbocycles. The van der Waals surface area contributed by atoms with Crippen molar-refractivity contribution < 1.29 is 0 Å². The van der Waals surface area contributed by atoms with Gasteiger partial charge in [-0.2, -0.15) is 0 Å². The van der Waals surface area contributed by atoms with Crippen molar-refractivity contribution >= 4 is 32.3 Å². The molecule has 0 amide bonds. The highest BCUT2D eigenvalue weighted by atomic mass is 14.3. The van der Waals surface area contributed by atoms with Gasteiger partial charge < -0.3 is 0 Å². The Kier molecular flexibility index (Phi) is 6.80. The van der Waals surface area contributed by atoms with Crippen molar-refractivity contribution in [1.82, 2.24) is 0 Å². The van der Waals surface area contributed by atoms with E-state index >= 15 is 0 Å². The van der Waals surface area contributed by atoms with Crippen LogP contribution in [0.3, 0.4) is 0 Å². The summed E-state index contributed by atoms with van der Waals surface area (Å²) in [5.74, 6) is 0. The zero-order valence-electron chi connectivity index (χ0n) is 26.6. The minimum Gasteiger partial charge on any atom is -0.0622 e. The Bertz CT molecular complexity index is 2370. The van der Waals surface area contributed by atoms with Crippen LogP contribution in [0.4, 0.5) is 0 Å². The zero-order valence-corrected chi connectivity index (χ0v) is 26.6. The molecular weight excluding hydrogens is 553 g/mol. The summed E-state index contributed by atoms with van der Waals surface area (Å²) in [4.78, 5) is 0. The number of benzene rings is 8. The fourth-order valence-electron chi connectivity index (χ4n) is 7.03. The van der Waals surface area contributed by atoms with Crippen LogP contribution in [-0.4, -0.2) is 0 Å². The SMILES string of the molecule is CC(C)(C)c1ccc2c(-c3cccc(-c4ccccc4)c3)c3ccccc3c(-c3cc4ccccc4cc3-c3ccccc3)c2c1. The highest BCUT2D eigenvalue weighted by Crippen LogP contribution is 2.48. The van der Waals surface area contributed by atoms with Crippen molar-refractivity contribution in [1.29, 1.82) is 0 Å². The maximum atomic E-state index is 2.46. The highest BCUT2D eigenvalue weighted by molar-refractivity contribution is 6.23. The fraction of sp³-hybridized carbons (Fsp3) is 0.0870. The zero-order chi connectivity index (χ0) is 31.3. The molecular formula is C46H36. The third-order valence-electron chi connectivity index (χ3n) is 9.39. The molecule has 8 aromatic carbocycles. The number of hydrogen-bond donors (Lipinski definition) is 0. The van der Waals surface area contributed by atoms with Crippen molar-refractivity contribution in [3.63, 3.8) is 0 Å². The lowest BCUT2D eigenvalue weighted by Crippen LogP contribution is -2.10. The summed E-state index contributed by atoms with van der Waals surface area (Å²) in [7, 11) is 0. The van der Waals surface area contributed by atoms with Gasteiger partial charge >= 0.3 is 0 Å². The molecule has 0 aliphatic rings. The molecule has 0 fully saturated rings. The lowest BCUT2D eigenvalue weighted by atomic mass is 9.80. The molecule has 0 nitrogen and oxygen atoms in total. The van der Waals surface area contributed by atoms with Gasteiger partial charge in [-0.3, -0.25) is 0 Å². The van der Waals surface area contributed by atoms with Gasteiger partial charge in [0.2, 0.25) is 0 Å². The molecule has 0 bridgehead atoms. The summed E-state index contributed by atoms with van der Waals surface area (Å²) < 4.78 is 0. The maximum Gasteiger partial charge on any atom is -0.00198 e.